The molecule has 1 saturated carbocycles. The molecular formula is C13H12F2N2. The van der Waals surface area contributed by atoms with Gasteiger partial charge in [-0.3, -0.25) is 4.98 Å². The Morgan fingerprint density at radius 3 is 2.53 bits per heavy atom. The van der Waals surface area contributed by atoms with E-state index in [0.717, 1.165) is 16.5 Å². The van der Waals surface area contributed by atoms with Crippen molar-refractivity contribution in [2.24, 2.45) is 5.73 Å². The maximum absolute atomic E-state index is 13.0. The Kier molecular flexibility index (Phi) is 2.01. The molecule has 3 rings (SSSR count). The molecule has 2 aromatic rings. The number of nitrogens with zero attached hydrogens (tertiary/aromatic N) is 1. The van der Waals surface area contributed by atoms with Crippen LogP contribution in [0.25, 0.3) is 10.9 Å². The van der Waals surface area contributed by atoms with Crippen molar-refractivity contribution in [3.63, 3.8) is 0 Å². The second-order valence-electron chi connectivity index (χ2n) is 4.74. The average Bonchev–Trinajstić information content (AvgIpc) is 2.25. The highest BCUT2D eigenvalue weighted by molar-refractivity contribution is 5.83. The van der Waals surface area contributed by atoms with Crippen molar-refractivity contribution >= 4 is 10.9 Å². The minimum absolute atomic E-state index is 0.284. The lowest BCUT2D eigenvalue weighted by atomic mass is 9.69. The fraction of sp³-hybridized carbons (Fsp3) is 0.308. The van der Waals surface area contributed by atoms with Crippen LogP contribution in [0.4, 0.5) is 8.78 Å². The first kappa shape index (κ1) is 10.6. The predicted octanol–water partition coefficient (Wildman–Crippen LogP) is 2.82. The molecular weight excluding hydrogens is 222 g/mol. The summed E-state index contributed by atoms with van der Waals surface area (Å²) in [5.74, 6) is -2.63. The molecule has 2 nitrogen and oxygen atoms in total. The number of alkyl halides is 2. The molecule has 0 aliphatic heterocycles. The Balaban J connectivity index is 2.13. The van der Waals surface area contributed by atoms with Gasteiger partial charge in [-0.25, -0.2) is 8.78 Å². The Morgan fingerprint density at radius 1 is 1.12 bits per heavy atom. The van der Waals surface area contributed by atoms with E-state index in [0.29, 0.717) is 0 Å². The zero-order valence-electron chi connectivity index (χ0n) is 9.16. The zero-order valence-corrected chi connectivity index (χ0v) is 9.16. The summed E-state index contributed by atoms with van der Waals surface area (Å²) in [5, 5.41) is 0.869. The van der Waals surface area contributed by atoms with Crippen LogP contribution in [0.2, 0.25) is 0 Å². The number of fused-ring (bicyclic) bond motifs is 1. The number of halogens is 2. The Morgan fingerprint density at radius 2 is 1.82 bits per heavy atom. The normalized spacial score (nSPS) is 21.1. The van der Waals surface area contributed by atoms with E-state index in [1.807, 2.05) is 24.3 Å². The molecule has 1 aromatic carbocycles. The third kappa shape index (κ3) is 1.60. The topological polar surface area (TPSA) is 38.9 Å². The molecule has 1 aliphatic rings. The van der Waals surface area contributed by atoms with Crippen LogP contribution in [0.3, 0.4) is 0 Å². The van der Waals surface area contributed by atoms with Crippen LogP contribution in [0, 0.1) is 0 Å². The molecule has 0 unspecified atom stereocenters. The molecule has 1 fully saturated rings. The largest absolute Gasteiger partial charge is 0.321 e. The van der Waals surface area contributed by atoms with Gasteiger partial charge in [-0.1, -0.05) is 18.2 Å². The van der Waals surface area contributed by atoms with Gasteiger partial charge in [0.15, 0.2) is 0 Å². The summed E-state index contributed by atoms with van der Waals surface area (Å²) in [6, 6.07) is 9.23. The van der Waals surface area contributed by atoms with Crippen molar-refractivity contribution in [2.45, 2.75) is 24.3 Å². The summed E-state index contributed by atoms with van der Waals surface area (Å²) >= 11 is 0. The SMILES string of the molecule is NC1(c2ccnc3ccccc23)CC(F)(F)C1. The number of aromatic nitrogens is 1. The van der Waals surface area contributed by atoms with Gasteiger partial charge in [0.25, 0.3) is 5.92 Å². The molecule has 1 heterocycles. The lowest BCUT2D eigenvalue weighted by molar-refractivity contribution is -0.124. The maximum atomic E-state index is 13.0. The van der Waals surface area contributed by atoms with Crippen LogP contribution in [0.5, 0.6) is 0 Å². The molecule has 0 amide bonds. The molecule has 2 N–H and O–H groups in total. The van der Waals surface area contributed by atoms with Crippen molar-refractivity contribution in [2.75, 3.05) is 0 Å². The highest BCUT2D eigenvalue weighted by Gasteiger charge is 2.55. The van der Waals surface area contributed by atoms with E-state index in [1.165, 1.54) is 0 Å². The summed E-state index contributed by atoms with van der Waals surface area (Å²) in [6.45, 7) is 0. The van der Waals surface area contributed by atoms with E-state index >= 15 is 0 Å². The quantitative estimate of drug-likeness (QED) is 0.824. The van der Waals surface area contributed by atoms with Crippen molar-refractivity contribution < 1.29 is 8.78 Å². The van der Waals surface area contributed by atoms with E-state index in [2.05, 4.69) is 4.98 Å². The van der Waals surface area contributed by atoms with Crippen LogP contribution in [0.1, 0.15) is 18.4 Å². The smallest absolute Gasteiger partial charge is 0.252 e. The number of hydrogen-bond donors (Lipinski definition) is 1. The van der Waals surface area contributed by atoms with E-state index < -0.39 is 11.5 Å². The molecule has 1 aromatic heterocycles. The van der Waals surface area contributed by atoms with Gasteiger partial charge in [0, 0.05) is 24.4 Å². The highest BCUT2D eigenvalue weighted by atomic mass is 19.3. The highest BCUT2D eigenvalue weighted by Crippen LogP contribution is 2.50. The van der Waals surface area contributed by atoms with Crippen molar-refractivity contribution in [3.05, 3.63) is 42.1 Å². The van der Waals surface area contributed by atoms with Gasteiger partial charge < -0.3 is 5.73 Å². The van der Waals surface area contributed by atoms with Crippen LogP contribution < -0.4 is 5.73 Å². The predicted molar refractivity (Wildman–Crippen MR) is 61.8 cm³/mol. The van der Waals surface area contributed by atoms with Gasteiger partial charge in [-0.05, 0) is 17.7 Å². The first-order valence-corrected chi connectivity index (χ1v) is 5.51. The zero-order chi connectivity index (χ0) is 12.1. The third-order valence-corrected chi connectivity index (χ3v) is 3.33. The molecule has 0 radical (unpaired) electrons. The second kappa shape index (κ2) is 3.23. The Labute approximate surface area is 97.5 Å². The number of pyridine rings is 1. The molecule has 0 bridgehead atoms. The maximum Gasteiger partial charge on any atom is 0.252 e. The monoisotopic (exact) mass is 234 g/mol. The molecule has 0 atom stereocenters. The van der Waals surface area contributed by atoms with Crippen LogP contribution in [-0.2, 0) is 5.54 Å². The van der Waals surface area contributed by atoms with E-state index in [4.69, 9.17) is 5.73 Å². The molecule has 88 valence electrons. The molecule has 0 saturated heterocycles. The van der Waals surface area contributed by atoms with Crippen molar-refractivity contribution in [1.29, 1.82) is 0 Å². The minimum atomic E-state index is -2.63. The van der Waals surface area contributed by atoms with Crippen LogP contribution >= 0.6 is 0 Å². The summed E-state index contributed by atoms with van der Waals surface area (Å²) in [5.41, 5.74) is 6.72. The fourth-order valence-corrected chi connectivity index (χ4v) is 2.59. The summed E-state index contributed by atoms with van der Waals surface area (Å²) in [4.78, 5) is 4.21. The Bertz CT molecular complexity index is 567. The number of hydrogen-bond acceptors (Lipinski definition) is 2. The Hall–Kier alpha value is -1.55. The number of benzene rings is 1. The van der Waals surface area contributed by atoms with E-state index in [1.54, 1.807) is 12.3 Å². The summed E-state index contributed by atoms with van der Waals surface area (Å²) in [7, 11) is 0. The second-order valence-corrected chi connectivity index (χ2v) is 4.74. The van der Waals surface area contributed by atoms with Crippen molar-refractivity contribution in [1.82, 2.24) is 4.98 Å². The average molecular weight is 234 g/mol. The van der Waals surface area contributed by atoms with Gasteiger partial charge in [0.1, 0.15) is 0 Å². The van der Waals surface area contributed by atoms with Gasteiger partial charge in [-0.15, -0.1) is 0 Å². The lowest BCUT2D eigenvalue weighted by Crippen LogP contribution is -2.55. The first-order valence-electron chi connectivity index (χ1n) is 5.51. The molecule has 4 heteroatoms. The molecule has 1 aliphatic carbocycles. The van der Waals surface area contributed by atoms with Gasteiger partial charge in [-0.2, -0.15) is 0 Å². The molecule has 17 heavy (non-hydrogen) atoms. The third-order valence-electron chi connectivity index (χ3n) is 3.33. The lowest BCUT2D eigenvalue weighted by Gasteiger charge is -2.45. The minimum Gasteiger partial charge on any atom is -0.321 e. The first-order chi connectivity index (χ1) is 8.00. The van der Waals surface area contributed by atoms with Gasteiger partial charge in [0.05, 0.1) is 11.1 Å². The van der Waals surface area contributed by atoms with Crippen molar-refractivity contribution in [3.8, 4) is 0 Å². The van der Waals surface area contributed by atoms with E-state index in [-0.39, 0.29) is 12.8 Å². The van der Waals surface area contributed by atoms with Crippen LogP contribution in [0.15, 0.2) is 36.5 Å². The van der Waals surface area contributed by atoms with Crippen LogP contribution in [-0.4, -0.2) is 10.9 Å². The fourth-order valence-electron chi connectivity index (χ4n) is 2.59. The van der Waals surface area contributed by atoms with Gasteiger partial charge in [0.2, 0.25) is 0 Å². The molecule has 0 spiro atoms. The standard InChI is InChI=1S/C13H12F2N2/c14-13(15)7-12(16,8-13)10-5-6-17-11-4-2-1-3-9(10)11/h1-6H,7-8,16H2. The number of nitrogens with two attached hydrogens (primary N) is 1. The number of rotatable bonds is 1. The van der Waals surface area contributed by atoms with E-state index in [9.17, 15) is 8.78 Å². The summed E-state index contributed by atoms with van der Waals surface area (Å²) in [6.07, 6.45) is 1.06. The number of para-hydroxylation sites is 1. The van der Waals surface area contributed by atoms with Gasteiger partial charge >= 0.3 is 0 Å². The summed E-state index contributed by atoms with van der Waals surface area (Å²) < 4.78 is 26.0.